The zero-order chi connectivity index (χ0) is 19.6. The standard InChI is InChI=1S/C27H37N/c1-2-3-5-22-13-17-26(18-14-22)27-19-15-25(16-20-27)12-11-24-9-7-23(8-10-24)6-4-21-28/h4,6,11-14,17-18,23-25,27H,2-3,5,7-10,15-16,19-20H2,1H3. The minimum Gasteiger partial charge on any atom is -0.193 e. The lowest BCUT2D eigenvalue weighted by Gasteiger charge is -2.28. The fraction of sp³-hybridized carbons (Fsp3) is 0.593. The quantitative estimate of drug-likeness (QED) is 0.353. The number of hydrogen-bond donors (Lipinski definition) is 0. The summed E-state index contributed by atoms with van der Waals surface area (Å²) in [5.74, 6) is 2.96. The van der Waals surface area contributed by atoms with E-state index in [1.165, 1.54) is 76.2 Å². The Balaban J connectivity index is 1.40. The lowest BCUT2D eigenvalue weighted by Crippen LogP contribution is -2.14. The summed E-state index contributed by atoms with van der Waals surface area (Å²) >= 11 is 0. The molecular weight excluding hydrogens is 338 g/mol. The molecule has 0 heterocycles. The van der Waals surface area contributed by atoms with Crippen LogP contribution in [-0.2, 0) is 6.42 Å². The number of nitrogens with zero attached hydrogens (tertiary/aromatic N) is 1. The van der Waals surface area contributed by atoms with Crippen LogP contribution >= 0.6 is 0 Å². The monoisotopic (exact) mass is 375 g/mol. The van der Waals surface area contributed by atoms with Crippen molar-refractivity contribution in [1.82, 2.24) is 0 Å². The van der Waals surface area contributed by atoms with Crippen molar-refractivity contribution in [2.24, 2.45) is 17.8 Å². The van der Waals surface area contributed by atoms with Gasteiger partial charge in [-0.1, -0.05) is 55.8 Å². The van der Waals surface area contributed by atoms with E-state index in [0.717, 1.165) is 17.8 Å². The molecule has 0 spiro atoms. The summed E-state index contributed by atoms with van der Waals surface area (Å²) in [6.07, 6.45) is 23.1. The summed E-state index contributed by atoms with van der Waals surface area (Å²) in [4.78, 5) is 0. The molecule has 1 heteroatoms. The van der Waals surface area contributed by atoms with Crippen molar-refractivity contribution in [3.8, 4) is 6.07 Å². The van der Waals surface area contributed by atoms with Crippen LogP contribution in [0.4, 0.5) is 0 Å². The highest BCUT2D eigenvalue weighted by Crippen LogP contribution is 2.37. The molecule has 1 nitrogen and oxygen atoms in total. The molecule has 0 aliphatic heterocycles. The summed E-state index contributed by atoms with van der Waals surface area (Å²) in [5, 5.41) is 8.66. The van der Waals surface area contributed by atoms with Crippen molar-refractivity contribution in [2.75, 3.05) is 0 Å². The molecule has 1 aromatic carbocycles. The fourth-order valence-corrected chi connectivity index (χ4v) is 5.01. The third kappa shape index (κ3) is 6.37. The molecule has 0 aromatic heterocycles. The van der Waals surface area contributed by atoms with Gasteiger partial charge in [-0.05, 0) is 99.0 Å². The third-order valence-electron chi connectivity index (χ3n) is 6.96. The number of rotatable bonds is 7. The van der Waals surface area contributed by atoms with E-state index in [2.05, 4.69) is 55.5 Å². The molecule has 150 valence electrons. The Morgan fingerprint density at radius 2 is 1.36 bits per heavy atom. The van der Waals surface area contributed by atoms with Crippen LogP contribution in [0.5, 0.6) is 0 Å². The van der Waals surface area contributed by atoms with Gasteiger partial charge in [0.25, 0.3) is 0 Å². The first-order chi connectivity index (χ1) is 13.8. The summed E-state index contributed by atoms with van der Waals surface area (Å²) in [5.41, 5.74) is 3.06. The number of aryl methyl sites for hydroxylation is 1. The molecule has 3 rings (SSSR count). The van der Waals surface area contributed by atoms with E-state index in [4.69, 9.17) is 5.26 Å². The molecule has 2 aliphatic rings. The van der Waals surface area contributed by atoms with Crippen LogP contribution in [0.1, 0.15) is 88.2 Å². The number of nitriles is 1. The zero-order valence-electron chi connectivity index (χ0n) is 17.7. The van der Waals surface area contributed by atoms with Gasteiger partial charge in [-0.2, -0.15) is 5.26 Å². The van der Waals surface area contributed by atoms with Crippen LogP contribution in [0.3, 0.4) is 0 Å². The molecule has 0 unspecified atom stereocenters. The predicted molar refractivity (Wildman–Crippen MR) is 119 cm³/mol. The van der Waals surface area contributed by atoms with E-state index in [9.17, 15) is 0 Å². The van der Waals surface area contributed by atoms with Gasteiger partial charge in [0.2, 0.25) is 0 Å². The van der Waals surface area contributed by atoms with E-state index < -0.39 is 0 Å². The van der Waals surface area contributed by atoms with Crippen molar-refractivity contribution < 1.29 is 0 Å². The van der Waals surface area contributed by atoms with Crippen molar-refractivity contribution >= 4 is 0 Å². The molecule has 0 N–H and O–H groups in total. The van der Waals surface area contributed by atoms with E-state index in [1.807, 2.05) is 0 Å². The highest BCUT2D eigenvalue weighted by Gasteiger charge is 2.22. The van der Waals surface area contributed by atoms with Gasteiger partial charge in [-0.25, -0.2) is 0 Å². The molecule has 2 fully saturated rings. The Morgan fingerprint density at radius 1 is 0.821 bits per heavy atom. The van der Waals surface area contributed by atoms with Crippen molar-refractivity contribution in [1.29, 1.82) is 5.26 Å². The summed E-state index contributed by atoms with van der Waals surface area (Å²) in [6.45, 7) is 2.26. The summed E-state index contributed by atoms with van der Waals surface area (Å²) in [6, 6.07) is 11.6. The Morgan fingerprint density at radius 3 is 1.89 bits per heavy atom. The second-order valence-corrected chi connectivity index (χ2v) is 9.00. The van der Waals surface area contributed by atoms with Crippen molar-refractivity contribution in [3.05, 3.63) is 59.7 Å². The largest absolute Gasteiger partial charge is 0.193 e. The second-order valence-electron chi connectivity index (χ2n) is 9.00. The summed E-state index contributed by atoms with van der Waals surface area (Å²) < 4.78 is 0. The maximum Gasteiger partial charge on any atom is 0.0908 e. The third-order valence-corrected chi connectivity index (χ3v) is 6.96. The Hall–Kier alpha value is -1.81. The fourth-order valence-electron chi connectivity index (χ4n) is 5.01. The average molecular weight is 376 g/mol. The highest BCUT2D eigenvalue weighted by molar-refractivity contribution is 5.26. The SMILES string of the molecule is CCCCc1ccc(C2CCC(C=CC3CCC(C=CC#N)CC3)CC2)cc1. The molecule has 0 saturated heterocycles. The molecule has 28 heavy (non-hydrogen) atoms. The lowest BCUT2D eigenvalue weighted by atomic mass is 9.77. The van der Waals surface area contributed by atoms with Crippen molar-refractivity contribution in [3.63, 3.8) is 0 Å². The van der Waals surface area contributed by atoms with Crippen LogP contribution in [0, 0.1) is 29.1 Å². The van der Waals surface area contributed by atoms with Crippen LogP contribution in [0.15, 0.2) is 48.6 Å². The van der Waals surface area contributed by atoms with Gasteiger partial charge in [0, 0.05) is 6.08 Å². The maximum atomic E-state index is 8.66. The van der Waals surface area contributed by atoms with Gasteiger partial charge in [0.1, 0.15) is 0 Å². The number of hydrogen-bond acceptors (Lipinski definition) is 1. The van der Waals surface area contributed by atoms with Gasteiger partial charge in [-0.15, -0.1) is 0 Å². The molecule has 0 bridgehead atoms. The minimum absolute atomic E-state index is 0.632. The van der Waals surface area contributed by atoms with Gasteiger partial charge in [-0.3, -0.25) is 0 Å². The molecule has 0 atom stereocenters. The first kappa shape index (κ1) is 20.9. The van der Waals surface area contributed by atoms with E-state index >= 15 is 0 Å². The zero-order valence-corrected chi connectivity index (χ0v) is 17.7. The van der Waals surface area contributed by atoms with E-state index in [1.54, 1.807) is 11.6 Å². The Bertz CT molecular complexity index is 659. The van der Waals surface area contributed by atoms with Gasteiger partial charge in [0.15, 0.2) is 0 Å². The minimum atomic E-state index is 0.632. The highest BCUT2D eigenvalue weighted by atomic mass is 14.3. The molecule has 2 saturated carbocycles. The first-order valence-corrected chi connectivity index (χ1v) is 11.6. The molecule has 2 aliphatic carbocycles. The lowest BCUT2D eigenvalue weighted by molar-refractivity contribution is 0.348. The molecule has 0 radical (unpaired) electrons. The van der Waals surface area contributed by atoms with E-state index in [-0.39, 0.29) is 0 Å². The van der Waals surface area contributed by atoms with Crippen LogP contribution < -0.4 is 0 Å². The van der Waals surface area contributed by atoms with Crippen LogP contribution in [0.25, 0.3) is 0 Å². The Kier molecular flexibility index (Phi) is 8.41. The van der Waals surface area contributed by atoms with E-state index in [0.29, 0.717) is 5.92 Å². The molecule has 0 amide bonds. The topological polar surface area (TPSA) is 23.8 Å². The average Bonchev–Trinajstić information content (AvgIpc) is 2.76. The molecular formula is C27H37N. The Labute approximate surface area is 172 Å². The first-order valence-electron chi connectivity index (χ1n) is 11.6. The smallest absolute Gasteiger partial charge is 0.0908 e. The van der Waals surface area contributed by atoms with Gasteiger partial charge >= 0.3 is 0 Å². The van der Waals surface area contributed by atoms with Crippen LogP contribution in [0.2, 0.25) is 0 Å². The normalized spacial score (nSPS) is 28.6. The van der Waals surface area contributed by atoms with Crippen LogP contribution in [-0.4, -0.2) is 0 Å². The number of benzene rings is 1. The number of allylic oxidation sites excluding steroid dienone is 4. The summed E-state index contributed by atoms with van der Waals surface area (Å²) in [7, 11) is 0. The van der Waals surface area contributed by atoms with Crippen molar-refractivity contribution in [2.45, 2.75) is 83.5 Å². The second kappa shape index (κ2) is 11.3. The maximum absolute atomic E-state index is 8.66. The number of unbranched alkanes of at least 4 members (excludes halogenated alkanes) is 1. The van der Waals surface area contributed by atoms with Gasteiger partial charge < -0.3 is 0 Å². The van der Waals surface area contributed by atoms with Gasteiger partial charge in [0.05, 0.1) is 6.07 Å². The molecule has 1 aromatic rings. The predicted octanol–water partition coefficient (Wildman–Crippen LogP) is 7.75.